The van der Waals surface area contributed by atoms with Crippen LogP contribution in [0.2, 0.25) is 0 Å². The van der Waals surface area contributed by atoms with E-state index < -0.39 is 0 Å². The summed E-state index contributed by atoms with van der Waals surface area (Å²) < 4.78 is 0. The van der Waals surface area contributed by atoms with E-state index in [1.54, 1.807) is 12.3 Å². The molecule has 2 rings (SSSR count). The van der Waals surface area contributed by atoms with Crippen molar-refractivity contribution in [1.82, 2.24) is 0 Å². The van der Waals surface area contributed by atoms with E-state index in [9.17, 15) is 0 Å². The quantitative estimate of drug-likeness (QED) is 0.390. The molecule has 0 aliphatic rings. The van der Waals surface area contributed by atoms with Gasteiger partial charge in [-0.25, -0.2) is 0 Å². The largest absolute Gasteiger partial charge is 0.356 e. The summed E-state index contributed by atoms with van der Waals surface area (Å²) in [5.74, 6) is 0. The third-order valence-electron chi connectivity index (χ3n) is 4.62. The molecular weight excluding hydrogens is 328 g/mol. The van der Waals surface area contributed by atoms with Crippen molar-refractivity contribution >= 4 is 23.3 Å². The number of rotatable bonds is 8. The number of anilines is 2. The number of allylic oxidation sites excluding steroid dienone is 4. The molecule has 2 aromatic rings. The number of hydrogen-bond acceptors (Lipinski definition) is 2. The Bertz CT molecular complexity index is 863. The number of aliphatic imine (C=N–C) groups is 1. The molecule has 2 nitrogen and oxygen atoms in total. The first kappa shape index (κ1) is 20.4. The van der Waals surface area contributed by atoms with Gasteiger partial charge in [-0.1, -0.05) is 45.2 Å². The van der Waals surface area contributed by atoms with Crippen molar-refractivity contribution in [2.75, 3.05) is 5.32 Å². The van der Waals surface area contributed by atoms with Gasteiger partial charge in [0.25, 0.3) is 0 Å². The maximum atomic E-state index is 4.58. The summed E-state index contributed by atoms with van der Waals surface area (Å²) in [6.07, 6.45) is 7.65. The third-order valence-corrected chi connectivity index (χ3v) is 4.62. The lowest BCUT2D eigenvalue weighted by atomic mass is 10.1. The Labute approximate surface area is 164 Å². The van der Waals surface area contributed by atoms with Crippen molar-refractivity contribution in [3.63, 3.8) is 0 Å². The summed E-state index contributed by atoms with van der Waals surface area (Å²) in [6.45, 7) is 16.3. The molecule has 2 aromatic carbocycles. The maximum Gasteiger partial charge on any atom is 0.0660 e. The highest BCUT2D eigenvalue weighted by Crippen LogP contribution is 2.26. The predicted octanol–water partition coefficient (Wildman–Crippen LogP) is 7.25. The standard InChI is InChI=1S/C25H30N2/c1-7-20-14-21(8-2)16-24(15-20)27-23-11-12-25(18(5)13-23)26-17-19(6)22(9-3)10-4/h9-17,27H,3,6-8H2,1-2,4-5H3/b22-10+,26-17?. The van der Waals surface area contributed by atoms with Gasteiger partial charge in [-0.05, 0) is 84.9 Å². The zero-order valence-electron chi connectivity index (χ0n) is 17.0. The normalized spacial score (nSPS) is 11.6. The van der Waals surface area contributed by atoms with Crippen LogP contribution in [0.4, 0.5) is 17.1 Å². The molecule has 0 fully saturated rings. The van der Waals surface area contributed by atoms with Crippen LogP contribution in [0, 0.1) is 6.92 Å². The predicted molar refractivity (Wildman–Crippen MR) is 121 cm³/mol. The van der Waals surface area contributed by atoms with Crippen LogP contribution < -0.4 is 5.32 Å². The van der Waals surface area contributed by atoms with E-state index in [0.29, 0.717) is 0 Å². The first-order valence-electron chi connectivity index (χ1n) is 9.53. The van der Waals surface area contributed by atoms with Gasteiger partial charge in [0.05, 0.1) is 5.69 Å². The van der Waals surface area contributed by atoms with Crippen LogP contribution in [-0.4, -0.2) is 6.21 Å². The second kappa shape index (κ2) is 9.72. The molecule has 0 saturated carbocycles. The first-order valence-corrected chi connectivity index (χ1v) is 9.53. The highest BCUT2D eigenvalue weighted by Gasteiger charge is 2.03. The lowest BCUT2D eigenvalue weighted by Gasteiger charge is -2.12. The number of nitrogens with zero attached hydrogens (tertiary/aromatic N) is 1. The molecule has 0 radical (unpaired) electrons. The van der Waals surface area contributed by atoms with Gasteiger partial charge in [0.15, 0.2) is 0 Å². The van der Waals surface area contributed by atoms with Crippen LogP contribution >= 0.6 is 0 Å². The summed E-state index contributed by atoms with van der Waals surface area (Å²) in [4.78, 5) is 4.58. The van der Waals surface area contributed by atoms with Gasteiger partial charge in [-0.3, -0.25) is 4.99 Å². The van der Waals surface area contributed by atoms with E-state index in [4.69, 9.17) is 0 Å². The molecule has 2 heteroatoms. The van der Waals surface area contributed by atoms with Gasteiger partial charge in [-0.15, -0.1) is 0 Å². The third kappa shape index (κ3) is 5.55. The molecule has 0 heterocycles. The van der Waals surface area contributed by atoms with Crippen LogP contribution in [-0.2, 0) is 12.8 Å². The van der Waals surface area contributed by atoms with Gasteiger partial charge in [0, 0.05) is 17.6 Å². The van der Waals surface area contributed by atoms with E-state index >= 15 is 0 Å². The monoisotopic (exact) mass is 358 g/mol. The second-order valence-corrected chi connectivity index (χ2v) is 6.60. The topological polar surface area (TPSA) is 24.4 Å². The molecule has 1 N–H and O–H groups in total. The van der Waals surface area contributed by atoms with Crippen molar-refractivity contribution in [3.8, 4) is 0 Å². The molecule has 27 heavy (non-hydrogen) atoms. The molecule has 0 bridgehead atoms. The van der Waals surface area contributed by atoms with Crippen LogP contribution in [0.3, 0.4) is 0 Å². The molecule has 0 spiro atoms. The molecule has 0 atom stereocenters. The Morgan fingerprint density at radius 1 is 1.04 bits per heavy atom. The Hall–Kier alpha value is -2.87. The highest BCUT2D eigenvalue weighted by molar-refractivity contribution is 5.87. The molecule has 0 unspecified atom stereocenters. The Balaban J connectivity index is 2.20. The fourth-order valence-corrected chi connectivity index (χ4v) is 2.94. The molecule has 140 valence electrons. The van der Waals surface area contributed by atoms with E-state index in [1.807, 2.05) is 19.1 Å². The fourth-order valence-electron chi connectivity index (χ4n) is 2.94. The van der Waals surface area contributed by atoms with E-state index in [0.717, 1.165) is 46.6 Å². The van der Waals surface area contributed by atoms with Gasteiger partial charge in [0.2, 0.25) is 0 Å². The average molecular weight is 359 g/mol. The van der Waals surface area contributed by atoms with Gasteiger partial charge in [-0.2, -0.15) is 0 Å². The molecular formula is C25H30N2. The van der Waals surface area contributed by atoms with Gasteiger partial charge < -0.3 is 5.32 Å². The second-order valence-electron chi connectivity index (χ2n) is 6.60. The highest BCUT2D eigenvalue weighted by atomic mass is 14.9. The molecule has 0 aromatic heterocycles. The van der Waals surface area contributed by atoms with Crippen molar-refractivity contribution in [1.29, 1.82) is 0 Å². The van der Waals surface area contributed by atoms with E-state index in [2.05, 4.69) is 74.6 Å². The summed E-state index contributed by atoms with van der Waals surface area (Å²) in [5, 5.41) is 3.53. The van der Waals surface area contributed by atoms with Crippen molar-refractivity contribution in [2.45, 2.75) is 40.5 Å². The molecule has 0 saturated heterocycles. The SMILES string of the molecule is C=C/C(=C\C)C(=C)C=Nc1ccc(Nc2cc(CC)cc(CC)c2)cc1C. The summed E-state index contributed by atoms with van der Waals surface area (Å²) >= 11 is 0. The average Bonchev–Trinajstić information content (AvgIpc) is 2.67. The molecule has 0 aliphatic heterocycles. The summed E-state index contributed by atoms with van der Waals surface area (Å²) in [7, 11) is 0. The number of aryl methyl sites for hydroxylation is 3. The zero-order valence-corrected chi connectivity index (χ0v) is 17.0. The first-order chi connectivity index (χ1) is 13.0. The minimum absolute atomic E-state index is 0.859. The van der Waals surface area contributed by atoms with Crippen molar-refractivity contribution in [3.05, 3.63) is 89.5 Å². The minimum Gasteiger partial charge on any atom is -0.356 e. The number of nitrogens with one attached hydrogen (secondary N) is 1. The zero-order chi connectivity index (χ0) is 19.8. The number of hydrogen-bond donors (Lipinski definition) is 1. The van der Waals surface area contributed by atoms with Crippen molar-refractivity contribution in [2.24, 2.45) is 4.99 Å². The molecule has 0 aliphatic carbocycles. The Morgan fingerprint density at radius 2 is 1.70 bits per heavy atom. The van der Waals surface area contributed by atoms with Crippen LogP contribution in [0.1, 0.15) is 37.5 Å². The fraction of sp³-hybridized carbons (Fsp3) is 0.240. The lowest BCUT2D eigenvalue weighted by molar-refractivity contribution is 1.09. The summed E-state index contributed by atoms with van der Waals surface area (Å²) in [6, 6.07) is 13.0. The lowest BCUT2D eigenvalue weighted by Crippen LogP contribution is -1.95. The molecule has 0 amide bonds. The van der Waals surface area contributed by atoms with Gasteiger partial charge >= 0.3 is 0 Å². The Morgan fingerprint density at radius 3 is 2.22 bits per heavy atom. The smallest absolute Gasteiger partial charge is 0.0660 e. The maximum absolute atomic E-state index is 4.58. The number of benzene rings is 2. The van der Waals surface area contributed by atoms with E-state index in [-0.39, 0.29) is 0 Å². The van der Waals surface area contributed by atoms with Crippen molar-refractivity contribution < 1.29 is 0 Å². The Kier molecular flexibility index (Phi) is 7.36. The van der Waals surface area contributed by atoms with E-state index in [1.165, 1.54) is 11.1 Å². The van der Waals surface area contributed by atoms with Crippen LogP contribution in [0.15, 0.2) is 77.8 Å². The van der Waals surface area contributed by atoms with Gasteiger partial charge in [0.1, 0.15) is 0 Å². The van der Waals surface area contributed by atoms with Crippen LogP contribution in [0.5, 0.6) is 0 Å². The van der Waals surface area contributed by atoms with Crippen LogP contribution in [0.25, 0.3) is 0 Å². The summed E-state index contributed by atoms with van der Waals surface area (Å²) in [5.41, 5.74) is 8.84. The minimum atomic E-state index is 0.859.